The van der Waals surface area contributed by atoms with Crippen molar-refractivity contribution in [2.75, 3.05) is 6.61 Å². The van der Waals surface area contributed by atoms with Gasteiger partial charge in [0.25, 0.3) is 0 Å². The third-order valence-corrected chi connectivity index (χ3v) is 12.2. The molecular weight excluding hydrogens is 702 g/mol. The summed E-state index contributed by atoms with van der Waals surface area (Å²) in [5.74, 6) is -6.01. The minimum Gasteiger partial charge on any atom is -0.456 e. The molecule has 1 heterocycles. The van der Waals surface area contributed by atoms with Gasteiger partial charge in [0, 0.05) is 32.1 Å². The average Bonchev–Trinajstić information content (AvgIpc) is 3.12. The molecule has 4 aliphatic rings. The molecule has 0 radical (unpaired) electrons. The zero-order valence-corrected chi connectivity index (χ0v) is 31.0. The van der Waals surface area contributed by atoms with Crippen molar-refractivity contribution in [2.45, 2.75) is 108 Å². The summed E-state index contributed by atoms with van der Waals surface area (Å²) in [5, 5.41) is 36.5. The molecule has 6 rings (SSSR count). The number of ketones is 1. The van der Waals surface area contributed by atoms with Crippen molar-refractivity contribution in [1.82, 2.24) is 0 Å². The standard InChI is InChI=1S/C40H47NO13/c1-20-25(52-36(48)30(45)29(41)23-13-9-7-10-14-23)18-40(49)34(53-35(47)24-15-11-8-12-16-24)32-38(6,26(44)17-27-39(32,19-50-27)54-22(3)43)33(46)31(51-21(2)42)28(20)37(40,4)5/h7-16,25-27,29-32,34,44-45,49H,17-19,41H2,1-6H3/t25-,26-,27+,29-,30+,31+,32?,34-,38+,39+,40+/m0/s1. The first kappa shape index (κ1) is 39.2. The molecule has 3 fully saturated rings. The molecule has 1 saturated heterocycles. The predicted molar refractivity (Wildman–Crippen MR) is 188 cm³/mol. The Bertz CT molecular complexity index is 1860. The van der Waals surface area contributed by atoms with E-state index in [1.165, 1.54) is 19.1 Å². The zero-order valence-electron chi connectivity index (χ0n) is 31.0. The largest absolute Gasteiger partial charge is 0.456 e. The summed E-state index contributed by atoms with van der Waals surface area (Å²) in [6, 6.07) is 15.1. The van der Waals surface area contributed by atoms with Crippen molar-refractivity contribution >= 4 is 29.7 Å². The second-order valence-electron chi connectivity index (χ2n) is 15.6. The van der Waals surface area contributed by atoms with E-state index >= 15 is 4.79 Å². The van der Waals surface area contributed by atoms with Crippen molar-refractivity contribution in [3.63, 3.8) is 0 Å². The minimum atomic E-state index is -2.32. The highest BCUT2D eigenvalue weighted by molar-refractivity contribution is 5.95. The molecule has 0 amide bonds. The fourth-order valence-electron chi connectivity index (χ4n) is 9.23. The number of aliphatic hydroxyl groups excluding tert-OH is 2. The molecule has 290 valence electrons. The highest BCUT2D eigenvalue weighted by Crippen LogP contribution is 2.64. The Labute approximate surface area is 312 Å². The lowest BCUT2D eigenvalue weighted by atomic mass is 9.44. The van der Waals surface area contributed by atoms with Gasteiger partial charge in [-0.1, -0.05) is 62.4 Å². The van der Waals surface area contributed by atoms with Crippen LogP contribution < -0.4 is 5.73 Å². The van der Waals surface area contributed by atoms with Crippen LogP contribution >= 0.6 is 0 Å². The van der Waals surface area contributed by atoms with Crippen molar-refractivity contribution < 1.29 is 63.0 Å². The molecule has 5 N–H and O–H groups in total. The summed E-state index contributed by atoms with van der Waals surface area (Å²) in [4.78, 5) is 68.7. The van der Waals surface area contributed by atoms with Crippen LogP contribution in [0, 0.1) is 16.7 Å². The summed E-state index contributed by atoms with van der Waals surface area (Å²) in [6.07, 6.45) is -9.98. The summed E-state index contributed by atoms with van der Waals surface area (Å²) >= 11 is 0. The molecule has 0 spiro atoms. The molecule has 14 nitrogen and oxygen atoms in total. The van der Waals surface area contributed by atoms with Gasteiger partial charge in [-0.15, -0.1) is 0 Å². The zero-order chi connectivity index (χ0) is 39.5. The van der Waals surface area contributed by atoms with Crippen molar-refractivity contribution in [1.29, 1.82) is 0 Å². The van der Waals surface area contributed by atoms with Crippen LogP contribution in [0.1, 0.15) is 76.3 Å². The number of Topliss-reactive ketones (excluding diaryl/α,β-unsaturated/α-hetero) is 1. The van der Waals surface area contributed by atoms with Gasteiger partial charge in [0.15, 0.2) is 23.6 Å². The summed E-state index contributed by atoms with van der Waals surface area (Å²) in [7, 11) is 0. The van der Waals surface area contributed by atoms with E-state index in [1.54, 1.807) is 69.3 Å². The van der Waals surface area contributed by atoms with Gasteiger partial charge in [-0.3, -0.25) is 14.4 Å². The Morgan fingerprint density at radius 2 is 1.54 bits per heavy atom. The van der Waals surface area contributed by atoms with Gasteiger partial charge in [-0.2, -0.15) is 0 Å². The molecule has 1 aliphatic heterocycles. The number of carbonyl (C=O) groups is 5. The number of ether oxygens (including phenoxy) is 5. The normalized spacial score (nSPS) is 35.0. The Kier molecular flexibility index (Phi) is 10.2. The molecule has 2 saturated carbocycles. The number of esters is 4. The molecular formula is C40H47NO13. The fourth-order valence-corrected chi connectivity index (χ4v) is 9.23. The van der Waals surface area contributed by atoms with Crippen LogP contribution in [0.3, 0.4) is 0 Å². The molecule has 54 heavy (non-hydrogen) atoms. The van der Waals surface area contributed by atoms with E-state index in [2.05, 4.69) is 0 Å². The van der Waals surface area contributed by atoms with Crippen LogP contribution in [0.15, 0.2) is 71.8 Å². The summed E-state index contributed by atoms with van der Waals surface area (Å²) < 4.78 is 29.9. The molecule has 2 aromatic carbocycles. The van der Waals surface area contributed by atoms with Gasteiger partial charge >= 0.3 is 23.9 Å². The topological polar surface area (TPSA) is 218 Å². The van der Waals surface area contributed by atoms with E-state index in [9.17, 15) is 34.5 Å². The van der Waals surface area contributed by atoms with Crippen LogP contribution in [0.4, 0.5) is 0 Å². The van der Waals surface area contributed by atoms with E-state index in [-0.39, 0.29) is 29.7 Å². The molecule has 3 aliphatic carbocycles. The van der Waals surface area contributed by atoms with Crippen molar-refractivity contribution in [3.05, 3.63) is 82.9 Å². The number of benzene rings is 2. The smallest absolute Gasteiger partial charge is 0.338 e. The number of aliphatic hydroxyl groups is 3. The Balaban J connectivity index is 1.58. The van der Waals surface area contributed by atoms with Crippen LogP contribution in [-0.4, -0.2) is 99.4 Å². The number of rotatable bonds is 8. The van der Waals surface area contributed by atoms with Gasteiger partial charge in [0.05, 0.1) is 35.6 Å². The van der Waals surface area contributed by atoms with Crippen LogP contribution in [-0.2, 0) is 42.9 Å². The average molecular weight is 750 g/mol. The summed E-state index contributed by atoms with van der Waals surface area (Å²) in [5.41, 5.74) is -0.605. The van der Waals surface area contributed by atoms with Crippen LogP contribution in [0.2, 0.25) is 0 Å². The van der Waals surface area contributed by atoms with Gasteiger partial charge in [0.1, 0.15) is 23.9 Å². The van der Waals surface area contributed by atoms with Gasteiger partial charge in [-0.05, 0) is 42.7 Å². The number of nitrogens with two attached hydrogens (primary N) is 1. The minimum absolute atomic E-state index is 0.0391. The second kappa shape index (κ2) is 14.0. The Morgan fingerprint density at radius 1 is 0.926 bits per heavy atom. The maximum atomic E-state index is 15.3. The first-order valence-electron chi connectivity index (χ1n) is 17.9. The fraction of sp³-hybridized carbons (Fsp3) is 0.525. The quantitative estimate of drug-likeness (QED) is 0.173. The van der Waals surface area contributed by atoms with Crippen LogP contribution in [0.5, 0.6) is 0 Å². The number of hydrogen-bond acceptors (Lipinski definition) is 14. The maximum Gasteiger partial charge on any atom is 0.338 e. The number of carbonyl (C=O) groups excluding carboxylic acids is 5. The molecule has 1 unspecified atom stereocenters. The third kappa shape index (κ3) is 6.04. The van der Waals surface area contributed by atoms with Gasteiger partial charge in [0.2, 0.25) is 0 Å². The molecule has 11 atom stereocenters. The first-order chi connectivity index (χ1) is 25.3. The highest BCUT2D eigenvalue weighted by atomic mass is 16.6. The molecule has 2 aromatic rings. The van der Waals surface area contributed by atoms with E-state index in [0.29, 0.717) is 5.56 Å². The second-order valence-corrected chi connectivity index (χ2v) is 15.6. The molecule has 0 aromatic heterocycles. The molecule has 2 bridgehead atoms. The third-order valence-electron chi connectivity index (χ3n) is 12.2. The Hall–Kier alpha value is -4.47. The van der Waals surface area contributed by atoms with E-state index in [1.807, 2.05) is 0 Å². The van der Waals surface area contributed by atoms with Gasteiger partial charge < -0.3 is 44.7 Å². The SMILES string of the molecule is CC(=O)O[C@H]1C(=O)[C@@]2(C)C([C@H](OC(=O)c3ccccc3)[C@]3(O)C[C@H](OC(=O)[C@H](O)[C@@H](N)c4ccccc4)C(C)=C1C3(C)C)[C@@]1(OC(C)=O)CO[C@@H]1C[C@@H]2O. The number of hydrogen-bond donors (Lipinski definition) is 4. The lowest BCUT2D eigenvalue weighted by Crippen LogP contribution is -2.82. The van der Waals surface area contributed by atoms with E-state index < -0.39 is 107 Å². The van der Waals surface area contributed by atoms with Gasteiger partial charge in [-0.25, -0.2) is 9.59 Å². The highest BCUT2D eigenvalue weighted by Gasteiger charge is 2.78. The first-order valence-corrected chi connectivity index (χ1v) is 17.9. The monoisotopic (exact) mass is 749 g/mol. The Morgan fingerprint density at radius 3 is 2.09 bits per heavy atom. The van der Waals surface area contributed by atoms with E-state index in [4.69, 9.17) is 29.4 Å². The summed E-state index contributed by atoms with van der Waals surface area (Å²) in [6.45, 7) is 8.08. The van der Waals surface area contributed by atoms with Crippen LogP contribution in [0.25, 0.3) is 0 Å². The van der Waals surface area contributed by atoms with Crippen molar-refractivity contribution in [3.8, 4) is 0 Å². The predicted octanol–water partition coefficient (Wildman–Crippen LogP) is 2.26. The lowest BCUT2D eigenvalue weighted by Gasteiger charge is -2.67. The maximum absolute atomic E-state index is 15.3. The van der Waals surface area contributed by atoms with E-state index in [0.717, 1.165) is 13.8 Å². The van der Waals surface area contributed by atoms with Crippen molar-refractivity contribution in [2.24, 2.45) is 22.5 Å². The molecule has 14 heteroatoms. The lowest BCUT2D eigenvalue weighted by molar-refractivity contribution is -0.346. The number of fused-ring (bicyclic) bond motifs is 5.